The summed E-state index contributed by atoms with van der Waals surface area (Å²) in [5.41, 5.74) is 2.15. The lowest BCUT2D eigenvalue weighted by Crippen LogP contribution is -2.61. The Kier molecular flexibility index (Phi) is 8.91. The van der Waals surface area contributed by atoms with E-state index in [1.165, 1.54) is 12.5 Å². The van der Waals surface area contributed by atoms with Gasteiger partial charge in [-0.05, 0) is 69.0 Å². The van der Waals surface area contributed by atoms with Gasteiger partial charge in [0.2, 0.25) is 5.91 Å². The van der Waals surface area contributed by atoms with E-state index >= 15 is 0 Å². The van der Waals surface area contributed by atoms with Crippen LogP contribution in [0.2, 0.25) is 0 Å². The van der Waals surface area contributed by atoms with Gasteiger partial charge in [0.1, 0.15) is 11.9 Å². The summed E-state index contributed by atoms with van der Waals surface area (Å²) in [7, 11) is 4.02. The minimum Gasteiger partial charge on any atom is -0.508 e. The third-order valence-electron chi connectivity index (χ3n) is 8.59. The number of benzene rings is 2. The maximum Gasteiger partial charge on any atom is 0.302 e. The second kappa shape index (κ2) is 12.1. The number of likely N-dealkylation sites (tertiary alicyclic amines) is 1. The molecule has 6 nitrogen and oxygen atoms in total. The third kappa shape index (κ3) is 6.53. The number of unbranched alkanes of at least 4 members (excludes halogenated alkanes) is 2. The molecule has 0 aromatic heterocycles. The fourth-order valence-corrected chi connectivity index (χ4v) is 6.58. The summed E-state index contributed by atoms with van der Waals surface area (Å²) in [5, 5.41) is 10.3. The molecule has 1 aliphatic carbocycles. The van der Waals surface area contributed by atoms with E-state index in [0.717, 1.165) is 57.2 Å². The van der Waals surface area contributed by atoms with Crippen LogP contribution in [0.5, 0.6) is 5.75 Å². The van der Waals surface area contributed by atoms with E-state index in [-0.39, 0.29) is 41.1 Å². The molecule has 2 aliphatic rings. The lowest BCUT2D eigenvalue weighted by Gasteiger charge is -2.56. The van der Waals surface area contributed by atoms with Crippen LogP contribution in [0.4, 0.5) is 0 Å². The van der Waals surface area contributed by atoms with Gasteiger partial charge < -0.3 is 19.6 Å². The number of carbonyl (C=O) groups excluding carboxylic acids is 2. The summed E-state index contributed by atoms with van der Waals surface area (Å²) >= 11 is 0. The number of ether oxygens (including phenoxy) is 1. The molecule has 4 rings (SSSR count). The van der Waals surface area contributed by atoms with Crippen LogP contribution in [0.3, 0.4) is 0 Å². The zero-order chi connectivity index (χ0) is 26.4. The van der Waals surface area contributed by atoms with Gasteiger partial charge in [-0.1, -0.05) is 48.9 Å². The molecule has 1 unspecified atom stereocenters. The molecule has 1 saturated carbocycles. The molecule has 0 radical (unpaired) electrons. The molecule has 2 aromatic carbocycles. The molecule has 6 heteroatoms. The molecule has 0 bridgehead atoms. The Morgan fingerprint density at radius 1 is 1.11 bits per heavy atom. The molecule has 37 heavy (non-hydrogen) atoms. The van der Waals surface area contributed by atoms with Gasteiger partial charge in [0.05, 0.1) is 0 Å². The Bertz CT molecular complexity index is 1060. The van der Waals surface area contributed by atoms with E-state index in [0.29, 0.717) is 12.8 Å². The number of hydrogen-bond donors (Lipinski definition) is 1. The van der Waals surface area contributed by atoms with E-state index in [4.69, 9.17) is 4.74 Å². The predicted octanol–water partition coefficient (Wildman–Crippen LogP) is 4.94. The molecule has 1 aliphatic heterocycles. The maximum absolute atomic E-state index is 13.3. The summed E-state index contributed by atoms with van der Waals surface area (Å²) in [6, 6.07) is 18.0. The lowest BCUT2D eigenvalue weighted by molar-refractivity contribution is -0.160. The first-order valence-corrected chi connectivity index (χ1v) is 13.7. The Morgan fingerprint density at radius 2 is 1.89 bits per heavy atom. The molecular weight excluding hydrogens is 464 g/mol. The van der Waals surface area contributed by atoms with Crippen LogP contribution in [-0.2, 0) is 26.2 Å². The predicted molar refractivity (Wildman–Crippen MR) is 145 cm³/mol. The quantitative estimate of drug-likeness (QED) is 0.386. The number of aromatic hydroxyl groups is 1. The average molecular weight is 507 g/mol. The van der Waals surface area contributed by atoms with E-state index in [1.54, 1.807) is 6.07 Å². The topological polar surface area (TPSA) is 70.1 Å². The number of fused-ring (bicyclic) bond motifs is 1. The SMILES string of the molecule is CC(=O)OC1C[C@@H](N(C)C(=O)CCCCCc2ccccc2)C[C@]2(c3cccc(O)c3)CCN(C)C[C@@H]12. The number of phenols is 1. The van der Waals surface area contributed by atoms with E-state index < -0.39 is 0 Å². The van der Waals surface area contributed by atoms with Gasteiger partial charge in [-0.2, -0.15) is 0 Å². The van der Waals surface area contributed by atoms with Crippen molar-refractivity contribution in [2.24, 2.45) is 5.92 Å². The number of aryl methyl sites for hydroxylation is 1. The molecule has 2 aromatic rings. The smallest absolute Gasteiger partial charge is 0.302 e. The molecule has 1 heterocycles. The molecule has 1 saturated heterocycles. The summed E-state index contributed by atoms with van der Waals surface area (Å²) in [5.74, 6) is 0.227. The van der Waals surface area contributed by atoms with Crippen molar-refractivity contribution in [3.05, 3.63) is 65.7 Å². The fraction of sp³-hybridized carbons (Fsp3) is 0.548. The van der Waals surface area contributed by atoms with Gasteiger partial charge in [0, 0.05) is 50.7 Å². The summed E-state index contributed by atoms with van der Waals surface area (Å²) < 4.78 is 5.93. The Morgan fingerprint density at radius 3 is 2.62 bits per heavy atom. The van der Waals surface area contributed by atoms with Crippen LogP contribution in [0.1, 0.15) is 63.0 Å². The van der Waals surface area contributed by atoms with Crippen molar-refractivity contribution in [2.75, 3.05) is 27.2 Å². The van der Waals surface area contributed by atoms with Gasteiger partial charge in [-0.15, -0.1) is 0 Å². The number of piperidine rings is 1. The highest BCUT2D eigenvalue weighted by atomic mass is 16.5. The number of hydrogen-bond acceptors (Lipinski definition) is 5. The largest absolute Gasteiger partial charge is 0.508 e. The first-order chi connectivity index (χ1) is 17.8. The fourth-order valence-electron chi connectivity index (χ4n) is 6.58. The minimum absolute atomic E-state index is 0.0248. The van der Waals surface area contributed by atoms with Crippen molar-refractivity contribution < 1.29 is 19.4 Å². The molecule has 2 fully saturated rings. The Hall–Kier alpha value is -2.86. The number of amides is 1. The molecule has 1 N–H and O–H groups in total. The minimum atomic E-state index is -0.281. The first-order valence-electron chi connectivity index (χ1n) is 13.7. The van der Waals surface area contributed by atoms with Gasteiger partial charge in [-0.3, -0.25) is 9.59 Å². The van der Waals surface area contributed by atoms with Crippen molar-refractivity contribution in [2.45, 2.75) is 75.9 Å². The molecule has 0 spiro atoms. The second-order valence-electron chi connectivity index (χ2n) is 11.1. The number of phenolic OH excluding ortho intramolecular Hbond substituents is 1. The normalized spacial score (nSPS) is 25.8. The van der Waals surface area contributed by atoms with E-state index in [9.17, 15) is 14.7 Å². The number of nitrogens with zero attached hydrogens (tertiary/aromatic N) is 2. The number of carbonyl (C=O) groups is 2. The Balaban J connectivity index is 1.46. The van der Waals surface area contributed by atoms with Crippen LogP contribution in [0.15, 0.2) is 54.6 Å². The highest BCUT2D eigenvalue weighted by Gasteiger charge is 2.54. The standard InChI is InChI=1S/C31H42N2O4/c1-23(34)37-29-20-26(33(3)30(36)16-9-5-8-13-24-11-6-4-7-12-24)21-31(17-18-32(2)22-28(29)31)25-14-10-15-27(35)19-25/h4,6-7,10-12,14-15,19,26,28-29,35H,5,8-9,13,16-18,20-22H2,1-3H3/t26-,28+,29?,31+/m1/s1. The summed E-state index contributed by atoms with van der Waals surface area (Å²) in [4.78, 5) is 29.6. The summed E-state index contributed by atoms with van der Waals surface area (Å²) in [6.07, 6.45) is 6.63. The monoisotopic (exact) mass is 506 g/mol. The number of rotatable bonds is 9. The molecule has 1 amide bonds. The van der Waals surface area contributed by atoms with Crippen LogP contribution in [0.25, 0.3) is 0 Å². The Labute approximate surface area is 221 Å². The van der Waals surface area contributed by atoms with Crippen molar-refractivity contribution in [1.82, 2.24) is 9.80 Å². The zero-order valence-electron chi connectivity index (χ0n) is 22.6. The molecule has 200 valence electrons. The van der Waals surface area contributed by atoms with Gasteiger partial charge in [0.25, 0.3) is 0 Å². The van der Waals surface area contributed by atoms with Crippen molar-refractivity contribution >= 4 is 11.9 Å². The van der Waals surface area contributed by atoms with Crippen molar-refractivity contribution in [3.63, 3.8) is 0 Å². The van der Waals surface area contributed by atoms with Gasteiger partial charge in [-0.25, -0.2) is 0 Å². The van der Waals surface area contributed by atoms with E-state index in [1.807, 2.05) is 30.1 Å². The molecular formula is C31H42N2O4. The molecule has 4 atom stereocenters. The first kappa shape index (κ1) is 27.2. The maximum atomic E-state index is 13.3. The van der Waals surface area contributed by atoms with Gasteiger partial charge >= 0.3 is 5.97 Å². The van der Waals surface area contributed by atoms with Crippen molar-refractivity contribution in [3.8, 4) is 5.75 Å². The lowest BCUT2D eigenvalue weighted by atomic mass is 9.56. The van der Waals surface area contributed by atoms with E-state index in [2.05, 4.69) is 42.3 Å². The van der Waals surface area contributed by atoms with Crippen LogP contribution in [0, 0.1) is 5.92 Å². The van der Waals surface area contributed by atoms with Crippen LogP contribution in [-0.4, -0.2) is 66.1 Å². The highest BCUT2D eigenvalue weighted by Crippen LogP contribution is 2.51. The summed E-state index contributed by atoms with van der Waals surface area (Å²) in [6.45, 7) is 3.21. The van der Waals surface area contributed by atoms with Crippen LogP contribution >= 0.6 is 0 Å². The second-order valence-corrected chi connectivity index (χ2v) is 11.1. The average Bonchev–Trinajstić information content (AvgIpc) is 2.88. The third-order valence-corrected chi connectivity index (χ3v) is 8.59. The zero-order valence-corrected chi connectivity index (χ0v) is 22.6. The van der Waals surface area contributed by atoms with Crippen LogP contribution < -0.4 is 0 Å². The number of esters is 1. The highest BCUT2D eigenvalue weighted by molar-refractivity contribution is 5.76. The van der Waals surface area contributed by atoms with Gasteiger partial charge in [0.15, 0.2) is 0 Å². The van der Waals surface area contributed by atoms with Crippen molar-refractivity contribution in [1.29, 1.82) is 0 Å².